The molecule has 0 unspecified atom stereocenters. The number of amides is 2. The van der Waals surface area contributed by atoms with Gasteiger partial charge in [0.2, 0.25) is 11.8 Å². The molecule has 0 radical (unpaired) electrons. The van der Waals surface area contributed by atoms with Gasteiger partial charge in [0.05, 0.1) is 6.54 Å². The van der Waals surface area contributed by atoms with Gasteiger partial charge in [-0.25, -0.2) is 0 Å². The number of halogens is 1. The Bertz CT molecular complexity index is 252. The van der Waals surface area contributed by atoms with E-state index in [-0.39, 0.29) is 24.4 Å². The minimum Gasteiger partial charge on any atom is -0.352 e. The molecule has 0 aromatic rings. The number of carbonyl (C=O) groups excluding carboxylic acids is 2. The van der Waals surface area contributed by atoms with E-state index in [1.165, 1.54) is 6.92 Å². The molecule has 92 valence electrons. The van der Waals surface area contributed by atoms with E-state index in [2.05, 4.69) is 37.0 Å². The Morgan fingerprint density at radius 1 is 1.19 bits per heavy atom. The van der Waals surface area contributed by atoms with Gasteiger partial charge >= 0.3 is 0 Å². The van der Waals surface area contributed by atoms with E-state index in [1.54, 1.807) is 0 Å². The molecular formula is C10H18IN3O2. The van der Waals surface area contributed by atoms with Crippen LogP contribution in [0, 0.1) is 0 Å². The second-order valence-corrected chi connectivity index (χ2v) is 4.76. The highest BCUT2D eigenvalue weighted by Crippen LogP contribution is 2.19. The van der Waals surface area contributed by atoms with Crippen LogP contribution in [-0.2, 0) is 9.59 Å². The molecule has 0 spiro atoms. The highest BCUT2D eigenvalue weighted by atomic mass is 127. The Kier molecular flexibility index (Phi) is 6.04. The second-order valence-electron chi connectivity index (χ2n) is 4.13. The van der Waals surface area contributed by atoms with Crippen LogP contribution in [0.4, 0.5) is 0 Å². The van der Waals surface area contributed by atoms with Crippen molar-refractivity contribution in [2.45, 2.75) is 44.7 Å². The van der Waals surface area contributed by atoms with Gasteiger partial charge in [-0.3, -0.25) is 13.1 Å². The molecule has 0 aromatic heterocycles. The molecule has 0 atom stereocenters. The Morgan fingerprint density at radius 2 is 1.75 bits per heavy atom. The Balaban J connectivity index is 2.18. The molecule has 1 aliphatic rings. The largest absolute Gasteiger partial charge is 0.352 e. The molecule has 0 heterocycles. The molecule has 1 rings (SSSR count). The third-order valence-corrected chi connectivity index (χ3v) is 3.63. The Hall–Kier alpha value is -0.370. The van der Waals surface area contributed by atoms with Crippen molar-refractivity contribution in [3.8, 4) is 0 Å². The highest BCUT2D eigenvalue weighted by molar-refractivity contribution is 14.1. The summed E-state index contributed by atoms with van der Waals surface area (Å²) in [5, 5.41) is 5.43. The first-order valence-electron chi connectivity index (χ1n) is 5.51. The summed E-state index contributed by atoms with van der Waals surface area (Å²) < 4.78 is 3.22. The summed E-state index contributed by atoms with van der Waals surface area (Å²) in [6.07, 6.45) is 4.20. The summed E-state index contributed by atoms with van der Waals surface area (Å²) in [6.45, 7) is 1.49. The fourth-order valence-corrected chi connectivity index (χ4v) is 2.45. The van der Waals surface area contributed by atoms with Gasteiger partial charge in [-0.1, -0.05) is 0 Å². The molecule has 1 saturated carbocycles. The van der Waals surface area contributed by atoms with Gasteiger partial charge in [0.15, 0.2) is 0 Å². The highest BCUT2D eigenvalue weighted by Gasteiger charge is 2.21. The van der Waals surface area contributed by atoms with Gasteiger partial charge in [0.1, 0.15) is 0 Å². The van der Waals surface area contributed by atoms with Gasteiger partial charge in [-0.15, -0.1) is 0 Å². The standard InChI is InChI=1S/C10H18IN3O2/c1-7(15)12-6-10(16)13-8-2-4-9(14-11)5-3-8/h8-9,14H,2-6H2,1H3,(H,12,15)(H,13,16). The summed E-state index contributed by atoms with van der Waals surface area (Å²) in [7, 11) is 0. The minimum atomic E-state index is -0.173. The lowest BCUT2D eigenvalue weighted by Crippen LogP contribution is -2.44. The van der Waals surface area contributed by atoms with Gasteiger partial charge in [0.25, 0.3) is 0 Å². The maximum Gasteiger partial charge on any atom is 0.239 e. The van der Waals surface area contributed by atoms with E-state index >= 15 is 0 Å². The molecule has 16 heavy (non-hydrogen) atoms. The zero-order valence-corrected chi connectivity index (χ0v) is 11.5. The van der Waals surface area contributed by atoms with E-state index in [9.17, 15) is 9.59 Å². The average Bonchev–Trinajstić information content (AvgIpc) is 2.27. The minimum absolute atomic E-state index is 0.0831. The van der Waals surface area contributed by atoms with Crippen LogP contribution in [0.25, 0.3) is 0 Å². The normalized spacial score (nSPS) is 24.9. The number of hydrogen-bond acceptors (Lipinski definition) is 3. The van der Waals surface area contributed by atoms with Crippen LogP contribution in [0.5, 0.6) is 0 Å². The second kappa shape index (κ2) is 7.05. The molecule has 0 bridgehead atoms. The van der Waals surface area contributed by atoms with Crippen molar-refractivity contribution in [2.24, 2.45) is 0 Å². The van der Waals surface area contributed by atoms with Crippen LogP contribution < -0.4 is 14.2 Å². The number of rotatable bonds is 4. The van der Waals surface area contributed by atoms with Crippen molar-refractivity contribution in [3.63, 3.8) is 0 Å². The molecule has 1 fully saturated rings. The first kappa shape index (κ1) is 13.7. The van der Waals surface area contributed by atoms with Crippen molar-refractivity contribution >= 4 is 34.7 Å². The number of hydrogen-bond donors (Lipinski definition) is 3. The lowest BCUT2D eigenvalue weighted by Gasteiger charge is -2.28. The first-order valence-corrected chi connectivity index (χ1v) is 6.59. The zero-order valence-electron chi connectivity index (χ0n) is 9.38. The fraction of sp³-hybridized carbons (Fsp3) is 0.800. The van der Waals surface area contributed by atoms with Crippen LogP contribution >= 0.6 is 22.9 Å². The number of carbonyl (C=O) groups is 2. The van der Waals surface area contributed by atoms with E-state index in [0.29, 0.717) is 6.04 Å². The lowest BCUT2D eigenvalue weighted by molar-refractivity contribution is -0.125. The SMILES string of the molecule is CC(=O)NCC(=O)NC1CCC(NI)CC1. The molecule has 0 aromatic carbocycles. The Morgan fingerprint density at radius 3 is 2.25 bits per heavy atom. The lowest BCUT2D eigenvalue weighted by atomic mass is 9.92. The summed E-state index contributed by atoms with van der Waals surface area (Å²) in [5.41, 5.74) is 0. The molecule has 0 aliphatic heterocycles. The van der Waals surface area contributed by atoms with Crippen molar-refractivity contribution in [2.75, 3.05) is 6.54 Å². The number of nitrogens with one attached hydrogen (secondary N) is 3. The maximum absolute atomic E-state index is 11.4. The van der Waals surface area contributed by atoms with E-state index in [4.69, 9.17) is 0 Å². The van der Waals surface area contributed by atoms with E-state index in [0.717, 1.165) is 25.7 Å². The monoisotopic (exact) mass is 339 g/mol. The van der Waals surface area contributed by atoms with Crippen LogP contribution in [0.2, 0.25) is 0 Å². The van der Waals surface area contributed by atoms with E-state index in [1.807, 2.05) is 0 Å². The Labute approximate surface area is 110 Å². The van der Waals surface area contributed by atoms with Crippen molar-refractivity contribution in [1.82, 2.24) is 14.2 Å². The topological polar surface area (TPSA) is 70.2 Å². The zero-order chi connectivity index (χ0) is 12.0. The van der Waals surface area contributed by atoms with Gasteiger partial charge in [0, 0.05) is 41.9 Å². The molecular weight excluding hydrogens is 321 g/mol. The van der Waals surface area contributed by atoms with Crippen molar-refractivity contribution in [3.05, 3.63) is 0 Å². The van der Waals surface area contributed by atoms with Gasteiger partial charge in [-0.05, 0) is 25.7 Å². The maximum atomic E-state index is 11.4. The third kappa shape index (κ3) is 5.11. The summed E-state index contributed by atoms with van der Waals surface area (Å²) >= 11 is 2.17. The van der Waals surface area contributed by atoms with Crippen LogP contribution in [-0.4, -0.2) is 30.4 Å². The van der Waals surface area contributed by atoms with Crippen LogP contribution in [0.1, 0.15) is 32.6 Å². The first-order chi connectivity index (χ1) is 7.61. The smallest absolute Gasteiger partial charge is 0.239 e. The van der Waals surface area contributed by atoms with Gasteiger partial charge < -0.3 is 10.6 Å². The summed E-state index contributed by atoms with van der Waals surface area (Å²) in [6, 6.07) is 0.839. The molecule has 0 saturated heterocycles. The van der Waals surface area contributed by atoms with Crippen LogP contribution in [0.3, 0.4) is 0 Å². The van der Waals surface area contributed by atoms with Gasteiger partial charge in [-0.2, -0.15) is 0 Å². The predicted molar refractivity (Wildman–Crippen MR) is 70.0 cm³/mol. The van der Waals surface area contributed by atoms with Crippen LogP contribution in [0.15, 0.2) is 0 Å². The molecule has 1 aliphatic carbocycles. The summed E-state index contributed by atoms with van der Waals surface area (Å²) in [5.74, 6) is -0.269. The molecule has 5 nitrogen and oxygen atoms in total. The quantitative estimate of drug-likeness (QED) is 0.516. The fourth-order valence-electron chi connectivity index (χ4n) is 1.83. The summed E-state index contributed by atoms with van der Waals surface area (Å²) in [4.78, 5) is 22.0. The van der Waals surface area contributed by atoms with Crippen molar-refractivity contribution < 1.29 is 9.59 Å². The molecule has 2 amide bonds. The van der Waals surface area contributed by atoms with E-state index < -0.39 is 0 Å². The van der Waals surface area contributed by atoms with Crippen molar-refractivity contribution in [1.29, 1.82) is 0 Å². The third-order valence-electron chi connectivity index (χ3n) is 2.74. The average molecular weight is 339 g/mol. The molecule has 3 N–H and O–H groups in total. The molecule has 6 heteroatoms. The predicted octanol–water partition coefficient (Wildman–Crippen LogP) is 0.489.